The third kappa shape index (κ3) is 5.61. The maximum Gasteiger partial charge on any atom is 0.411 e. The lowest BCUT2D eigenvalue weighted by atomic mass is 9.86. The van der Waals surface area contributed by atoms with Gasteiger partial charge in [-0.05, 0) is 17.0 Å². The van der Waals surface area contributed by atoms with E-state index >= 15 is 0 Å². The maximum absolute atomic E-state index is 11.9. The van der Waals surface area contributed by atoms with Crippen molar-refractivity contribution in [2.75, 3.05) is 18.5 Å². The molecule has 1 aromatic carbocycles. The fraction of sp³-hybridized carbons (Fsp3) is 0.500. The molecule has 1 aromatic rings. The predicted molar refractivity (Wildman–Crippen MR) is 70.6 cm³/mol. The molecule has 3 nitrogen and oxygen atoms in total. The molecule has 6 heteroatoms. The SMILES string of the molecule is CC(C)(C)c1ccccc1NC(=O)COCC(F)(F)F. The molecular weight excluding hydrogens is 271 g/mol. The van der Waals surface area contributed by atoms with Crippen molar-refractivity contribution in [2.24, 2.45) is 0 Å². The number of hydrogen-bond acceptors (Lipinski definition) is 2. The molecule has 0 aliphatic carbocycles. The van der Waals surface area contributed by atoms with E-state index in [1.54, 1.807) is 12.1 Å². The van der Waals surface area contributed by atoms with Crippen LogP contribution in [0, 0.1) is 0 Å². The van der Waals surface area contributed by atoms with Crippen LogP contribution in [0.25, 0.3) is 0 Å². The molecule has 0 fully saturated rings. The van der Waals surface area contributed by atoms with Gasteiger partial charge in [0, 0.05) is 5.69 Å². The van der Waals surface area contributed by atoms with Crippen LogP contribution in [0.2, 0.25) is 0 Å². The number of hydrogen-bond donors (Lipinski definition) is 1. The number of alkyl halides is 3. The summed E-state index contributed by atoms with van der Waals surface area (Å²) in [6.07, 6.45) is -4.43. The summed E-state index contributed by atoms with van der Waals surface area (Å²) in [5, 5.41) is 2.57. The molecule has 0 atom stereocenters. The lowest BCUT2D eigenvalue weighted by Gasteiger charge is -2.23. The van der Waals surface area contributed by atoms with Crippen molar-refractivity contribution in [3.63, 3.8) is 0 Å². The number of rotatable bonds is 4. The number of benzene rings is 1. The third-order valence-corrected chi connectivity index (χ3v) is 2.51. The van der Waals surface area contributed by atoms with Crippen LogP contribution < -0.4 is 5.32 Å². The van der Waals surface area contributed by atoms with Gasteiger partial charge >= 0.3 is 6.18 Å². The first-order valence-corrected chi connectivity index (χ1v) is 6.13. The van der Waals surface area contributed by atoms with Crippen molar-refractivity contribution >= 4 is 11.6 Å². The third-order valence-electron chi connectivity index (χ3n) is 2.51. The average molecular weight is 289 g/mol. The number of anilines is 1. The summed E-state index contributed by atoms with van der Waals surface area (Å²) < 4.78 is 40.0. The van der Waals surface area contributed by atoms with Crippen LogP contribution in [-0.4, -0.2) is 25.3 Å². The normalized spacial score (nSPS) is 12.3. The minimum Gasteiger partial charge on any atom is -0.362 e. The first-order valence-electron chi connectivity index (χ1n) is 6.13. The van der Waals surface area contributed by atoms with Gasteiger partial charge in [0.1, 0.15) is 13.2 Å². The van der Waals surface area contributed by atoms with E-state index < -0.39 is 25.3 Å². The molecule has 0 aliphatic rings. The van der Waals surface area contributed by atoms with Crippen molar-refractivity contribution in [1.29, 1.82) is 0 Å². The maximum atomic E-state index is 11.9. The summed E-state index contributed by atoms with van der Waals surface area (Å²) in [4.78, 5) is 11.6. The average Bonchev–Trinajstić information content (AvgIpc) is 2.26. The van der Waals surface area contributed by atoms with Gasteiger partial charge in [-0.15, -0.1) is 0 Å². The molecule has 0 bridgehead atoms. The van der Waals surface area contributed by atoms with E-state index in [2.05, 4.69) is 10.1 Å². The van der Waals surface area contributed by atoms with Crippen LogP contribution in [0.1, 0.15) is 26.3 Å². The Hall–Kier alpha value is -1.56. The van der Waals surface area contributed by atoms with Gasteiger partial charge in [0.05, 0.1) is 0 Å². The second kappa shape index (κ2) is 6.26. The highest BCUT2D eigenvalue weighted by molar-refractivity contribution is 5.92. The van der Waals surface area contributed by atoms with Crippen LogP contribution in [0.3, 0.4) is 0 Å². The van der Waals surface area contributed by atoms with E-state index in [0.717, 1.165) is 5.56 Å². The topological polar surface area (TPSA) is 38.3 Å². The predicted octanol–water partition coefficient (Wildman–Crippen LogP) is 3.50. The summed E-state index contributed by atoms with van der Waals surface area (Å²) in [6.45, 7) is 3.90. The van der Waals surface area contributed by atoms with E-state index in [0.29, 0.717) is 5.69 Å². The standard InChI is InChI=1S/C14H18F3NO2/c1-13(2,3)10-6-4-5-7-11(10)18-12(19)8-20-9-14(15,16)17/h4-7H,8-9H2,1-3H3,(H,18,19). The van der Waals surface area contributed by atoms with Crippen LogP contribution in [-0.2, 0) is 14.9 Å². The second-order valence-corrected chi connectivity index (χ2v) is 5.45. The highest BCUT2D eigenvalue weighted by atomic mass is 19.4. The Kier molecular flexibility index (Phi) is 5.16. The van der Waals surface area contributed by atoms with Gasteiger partial charge in [-0.2, -0.15) is 13.2 Å². The van der Waals surface area contributed by atoms with Crippen molar-refractivity contribution in [1.82, 2.24) is 0 Å². The Morgan fingerprint density at radius 1 is 1.20 bits per heavy atom. The Morgan fingerprint density at radius 3 is 2.35 bits per heavy atom. The monoisotopic (exact) mass is 289 g/mol. The highest BCUT2D eigenvalue weighted by Crippen LogP contribution is 2.29. The quantitative estimate of drug-likeness (QED) is 0.921. The van der Waals surface area contributed by atoms with Gasteiger partial charge in [-0.3, -0.25) is 4.79 Å². The molecule has 1 amide bonds. The number of nitrogens with one attached hydrogen (secondary N) is 1. The van der Waals surface area contributed by atoms with Crippen LogP contribution in [0.5, 0.6) is 0 Å². The first-order chi connectivity index (χ1) is 9.09. The molecule has 0 saturated carbocycles. The zero-order valence-electron chi connectivity index (χ0n) is 11.7. The lowest BCUT2D eigenvalue weighted by molar-refractivity contribution is -0.174. The van der Waals surface area contributed by atoms with Gasteiger partial charge in [-0.1, -0.05) is 39.0 Å². The van der Waals surface area contributed by atoms with E-state index in [-0.39, 0.29) is 5.41 Å². The van der Waals surface area contributed by atoms with Crippen LogP contribution in [0.4, 0.5) is 18.9 Å². The number of amides is 1. The first kappa shape index (κ1) is 16.5. The molecule has 0 radical (unpaired) electrons. The number of halogens is 3. The molecule has 0 saturated heterocycles. The number of ether oxygens (including phenoxy) is 1. The lowest BCUT2D eigenvalue weighted by Crippen LogP contribution is -2.25. The van der Waals surface area contributed by atoms with Gasteiger partial charge in [0.2, 0.25) is 5.91 Å². The van der Waals surface area contributed by atoms with E-state index in [9.17, 15) is 18.0 Å². The molecule has 1 N–H and O–H groups in total. The van der Waals surface area contributed by atoms with Crippen LogP contribution >= 0.6 is 0 Å². The zero-order valence-corrected chi connectivity index (χ0v) is 11.7. The zero-order chi connectivity index (χ0) is 15.4. The molecule has 0 spiro atoms. The van der Waals surface area contributed by atoms with E-state index in [1.807, 2.05) is 32.9 Å². The molecule has 112 valence electrons. The second-order valence-electron chi connectivity index (χ2n) is 5.45. The minimum absolute atomic E-state index is 0.184. The van der Waals surface area contributed by atoms with Crippen molar-refractivity contribution in [2.45, 2.75) is 32.4 Å². The fourth-order valence-corrected chi connectivity index (χ4v) is 1.69. The van der Waals surface area contributed by atoms with Gasteiger partial charge in [0.15, 0.2) is 0 Å². The smallest absolute Gasteiger partial charge is 0.362 e. The van der Waals surface area contributed by atoms with Crippen molar-refractivity contribution < 1.29 is 22.7 Å². The molecule has 0 aliphatic heterocycles. The summed E-state index contributed by atoms with van der Waals surface area (Å²) >= 11 is 0. The molecule has 20 heavy (non-hydrogen) atoms. The molecular formula is C14H18F3NO2. The Labute approximate surface area is 116 Å². The van der Waals surface area contributed by atoms with Crippen LogP contribution in [0.15, 0.2) is 24.3 Å². The van der Waals surface area contributed by atoms with Crippen molar-refractivity contribution in [3.05, 3.63) is 29.8 Å². The van der Waals surface area contributed by atoms with Gasteiger partial charge < -0.3 is 10.1 Å². The molecule has 1 rings (SSSR count). The highest BCUT2D eigenvalue weighted by Gasteiger charge is 2.28. The summed E-state index contributed by atoms with van der Waals surface area (Å²) in [5.41, 5.74) is 1.31. The number of carbonyl (C=O) groups is 1. The summed E-state index contributed by atoms with van der Waals surface area (Å²) in [6, 6.07) is 7.17. The van der Waals surface area contributed by atoms with Gasteiger partial charge in [0.25, 0.3) is 0 Å². The Morgan fingerprint density at radius 2 is 1.80 bits per heavy atom. The fourth-order valence-electron chi connectivity index (χ4n) is 1.69. The molecule has 0 heterocycles. The van der Waals surface area contributed by atoms with Crippen molar-refractivity contribution in [3.8, 4) is 0 Å². The minimum atomic E-state index is -4.43. The Balaban J connectivity index is 2.63. The van der Waals surface area contributed by atoms with E-state index in [4.69, 9.17) is 0 Å². The number of carbonyl (C=O) groups excluding carboxylic acids is 1. The largest absolute Gasteiger partial charge is 0.411 e. The summed E-state index contributed by atoms with van der Waals surface area (Å²) in [7, 11) is 0. The molecule has 0 unspecified atom stereocenters. The van der Waals surface area contributed by atoms with Gasteiger partial charge in [-0.25, -0.2) is 0 Å². The summed E-state index contributed by atoms with van der Waals surface area (Å²) in [5.74, 6) is -0.606. The molecule has 0 aromatic heterocycles. The number of para-hydroxylation sites is 1. The Bertz CT molecular complexity index is 464. The van der Waals surface area contributed by atoms with E-state index in [1.165, 1.54) is 0 Å².